The number of hydrogen-bond donors (Lipinski definition) is 3. The molecule has 3 rings (SSSR count). The summed E-state index contributed by atoms with van der Waals surface area (Å²) in [6.07, 6.45) is 3.60. The number of likely N-dealkylation sites (tertiary alicyclic amines) is 1. The average molecular weight is 354 g/mol. The number of nitrogens with one attached hydrogen (secondary N) is 3. The van der Waals surface area contributed by atoms with E-state index in [9.17, 15) is 9.59 Å². The largest absolute Gasteiger partial charge is 0.357 e. The van der Waals surface area contributed by atoms with E-state index in [2.05, 4.69) is 28.3 Å². The standard InChI is InChI=1S/C20H26N4O2/c1-4-15-6-8-19-16(9-15)10-18(22-19)11-21-20(26)23-17-7-5-13(2)24(12-17)14(3)25/h4,6,8-10,13,17,22H,1,5,7,11-12H2,2-3H3,(H2,21,23,26)/t13-,17+/m0/s1. The summed E-state index contributed by atoms with van der Waals surface area (Å²) in [4.78, 5) is 29.0. The SMILES string of the molecule is C=Cc1ccc2[nH]c(CNC(=O)N[C@@H]3CC[C@H](C)N(C(C)=O)C3)cc2c1. The lowest BCUT2D eigenvalue weighted by Crippen LogP contribution is -2.54. The summed E-state index contributed by atoms with van der Waals surface area (Å²) in [6.45, 7) is 8.39. The number of rotatable bonds is 4. The maximum atomic E-state index is 12.2. The van der Waals surface area contributed by atoms with Crippen molar-refractivity contribution in [2.24, 2.45) is 0 Å². The zero-order chi connectivity index (χ0) is 18.7. The van der Waals surface area contributed by atoms with Crippen molar-refractivity contribution in [3.05, 3.63) is 42.1 Å². The second-order valence-electron chi connectivity index (χ2n) is 6.97. The van der Waals surface area contributed by atoms with E-state index in [-0.39, 0.29) is 24.0 Å². The van der Waals surface area contributed by atoms with Crippen molar-refractivity contribution in [2.75, 3.05) is 6.54 Å². The lowest BCUT2D eigenvalue weighted by Gasteiger charge is -2.37. The van der Waals surface area contributed by atoms with Crippen LogP contribution in [-0.4, -0.2) is 40.5 Å². The van der Waals surface area contributed by atoms with Gasteiger partial charge in [-0.1, -0.05) is 18.7 Å². The highest BCUT2D eigenvalue weighted by atomic mass is 16.2. The van der Waals surface area contributed by atoms with E-state index in [0.29, 0.717) is 13.1 Å². The molecule has 0 aliphatic carbocycles. The third-order valence-corrected chi connectivity index (χ3v) is 5.00. The van der Waals surface area contributed by atoms with Crippen molar-refractivity contribution in [1.82, 2.24) is 20.5 Å². The minimum Gasteiger partial charge on any atom is -0.357 e. The minimum absolute atomic E-state index is 0.00652. The molecule has 2 heterocycles. The van der Waals surface area contributed by atoms with Gasteiger partial charge in [0.05, 0.1) is 6.54 Å². The molecular formula is C20H26N4O2. The number of benzene rings is 1. The first kappa shape index (κ1) is 18.0. The molecule has 0 bridgehead atoms. The molecule has 2 atom stereocenters. The van der Waals surface area contributed by atoms with Crippen LogP contribution >= 0.6 is 0 Å². The van der Waals surface area contributed by atoms with Gasteiger partial charge < -0.3 is 20.5 Å². The number of urea groups is 1. The van der Waals surface area contributed by atoms with Crippen molar-refractivity contribution in [3.63, 3.8) is 0 Å². The summed E-state index contributed by atoms with van der Waals surface area (Å²) in [5.74, 6) is 0.0568. The molecule has 0 saturated carbocycles. The summed E-state index contributed by atoms with van der Waals surface area (Å²) in [7, 11) is 0. The van der Waals surface area contributed by atoms with Crippen molar-refractivity contribution < 1.29 is 9.59 Å². The van der Waals surface area contributed by atoms with Gasteiger partial charge in [-0.3, -0.25) is 4.79 Å². The van der Waals surface area contributed by atoms with Crippen LogP contribution in [0.2, 0.25) is 0 Å². The smallest absolute Gasteiger partial charge is 0.315 e. The first-order chi connectivity index (χ1) is 12.5. The Morgan fingerprint density at radius 3 is 2.88 bits per heavy atom. The van der Waals surface area contributed by atoms with Crippen LogP contribution in [0.15, 0.2) is 30.8 Å². The molecule has 6 heteroatoms. The number of piperidine rings is 1. The monoisotopic (exact) mass is 354 g/mol. The summed E-state index contributed by atoms with van der Waals surface area (Å²) < 4.78 is 0. The summed E-state index contributed by atoms with van der Waals surface area (Å²) in [5.41, 5.74) is 3.04. The van der Waals surface area contributed by atoms with E-state index < -0.39 is 0 Å². The average Bonchev–Trinajstić information content (AvgIpc) is 3.03. The second-order valence-corrected chi connectivity index (χ2v) is 6.97. The number of aromatic amines is 1. The van der Waals surface area contributed by atoms with E-state index in [1.807, 2.05) is 36.1 Å². The predicted octanol–water partition coefficient (Wildman–Crippen LogP) is 3.01. The zero-order valence-corrected chi connectivity index (χ0v) is 15.3. The highest BCUT2D eigenvalue weighted by Gasteiger charge is 2.27. The van der Waals surface area contributed by atoms with Gasteiger partial charge >= 0.3 is 6.03 Å². The molecule has 1 aliphatic rings. The summed E-state index contributed by atoms with van der Waals surface area (Å²) in [6, 6.07) is 8.12. The van der Waals surface area contributed by atoms with Crippen LogP contribution in [0.1, 0.15) is 37.9 Å². The Bertz CT molecular complexity index is 826. The normalized spacial score (nSPS) is 20.0. The third-order valence-electron chi connectivity index (χ3n) is 5.00. The first-order valence-electron chi connectivity index (χ1n) is 9.02. The molecule has 1 saturated heterocycles. The van der Waals surface area contributed by atoms with Crippen molar-refractivity contribution in [1.29, 1.82) is 0 Å². The lowest BCUT2D eigenvalue weighted by molar-refractivity contribution is -0.132. The number of hydrogen-bond acceptors (Lipinski definition) is 2. The fourth-order valence-corrected chi connectivity index (χ4v) is 3.51. The molecule has 1 aromatic carbocycles. The molecule has 6 nitrogen and oxygen atoms in total. The Hall–Kier alpha value is -2.76. The number of nitrogens with zero attached hydrogens (tertiary/aromatic N) is 1. The van der Waals surface area contributed by atoms with Crippen molar-refractivity contribution in [2.45, 2.75) is 45.3 Å². The van der Waals surface area contributed by atoms with Gasteiger partial charge in [0.15, 0.2) is 0 Å². The second kappa shape index (κ2) is 7.64. The van der Waals surface area contributed by atoms with E-state index in [0.717, 1.165) is 35.0 Å². The van der Waals surface area contributed by atoms with Crippen LogP contribution < -0.4 is 10.6 Å². The third kappa shape index (κ3) is 4.07. The van der Waals surface area contributed by atoms with Crippen LogP contribution in [0.4, 0.5) is 4.79 Å². The number of fused-ring (bicyclic) bond motifs is 1. The highest BCUT2D eigenvalue weighted by molar-refractivity contribution is 5.83. The fourth-order valence-electron chi connectivity index (χ4n) is 3.51. The van der Waals surface area contributed by atoms with Crippen molar-refractivity contribution >= 4 is 28.9 Å². The molecule has 1 aliphatic heterocycles. The van der Waals surface area contributed by atoms with Crippen LogP contribution in [0.5, 0.6) is 0 Å². The molecule has 3 N–H and O–H groups in total. The predicted molar refractivity (Wildman–Crippen MR) is 104 cm³/mol. The van der Waals surface area contributed by atoms with Gasteiger partial charge in [0, 0.05) is 42.1 Å². The molecule has 138 valence electrons. The fraction of sp³-hybridized carbons (Fsp3) is 0.400. The molecular weight excluding hydrogens is 328 g/mol. The van der Waals surface area contributed by atoms with Gasteiger partial charge in [0.2, 0.25) is 5.91 Å². The van der Waals surface area contributed by atoms with Gasteiger partial charge in [-0.15, -0.1) is 0 Å². The van der Waals surface area contributed by atoms with Crippen LogP contribution in [0, 0.1) is 0 Å². The number of amides is 3. The topological polar surface area (TPSA) is 77.2 Å². The van der Waals surface area contributed by atoms with E-state index in [4.69, 9.17) is 0 Å². The minimum atomic E-state index is -0.210. The Balaban J connectivity index is 1.54. The van der Waals surface area contributed by atoms with Gasteiger partial charge in [-0.05, 0) is 43.5 Å². The number of carbonyl (C=O) groups excluding carboxylic acids is 2. The van der Waals surface area contributed by atoms with Crippen LogP contribution in [0.25, 0.3) is 17.0 Å². The number of carbonyl (C=O) groups is 2. The van der Waals surface area contributed by atoms with E-state index >= 15 is 0 Å². The lowest BCUT2D eigenvalue weighted by atomic mass is 9.99. The maximum absolute atomic E-state index is 12.2. The Labute approximate surface area is 153 Å². The van der Waals surface area contributed by atoms with E-state index in [1.54, 1.807) is 6.92 Å². The number of H-pyrrole nitrogens is 1. The summed E-state index contributed by atoms with van der Waals surface area (Å²) in [5, 5.41) is 6.96. The number of aromatic nitrogens is 1. The van der Waals surface area contributed by atoms with Gasteiger partial charge in [0.1, 0.15) is 0 Å². The molecule has 0 radical (unpaired) electrons. The first-order valence-corrected chi connectivity index (χ1v) is 9.02. The summed E-state index contributed by atoms with van der Waals surface area (Å²) >= 11 is 0. The molecule has 1 fully saturated rings. The Morgan fingerprint density at radius 2 is 2.15 bits per heavy atom. The quantitative estimate of drug-likeness (QED) is 0.789. The van der Waals surface area contributed by atoms with Crippen LogP contribution in [0.3, 0.4) is 0 Å². The molecule has 1 aromatic heterocycles. The molecule has 0 spiro atoms. The van der Waals surface area contributed by atoms with Gasteiger partial charge in [-0.2, -0.15) is 0 Å². The zero-order valence-electron chi connectivity index (χ0n) is 15.3. The van der Waals surface area contributed by atoms with Gasteiger partial charge in [-0.25, -0.2) is 4.79 Å². The molecule has 2 aromatic rings. The maximum Gasteiger partial charge on any atom is 0.315 e. The Kier molecular flexibility index (Phi) is 5.30. The van der Waals surface area contributed by atoms with Crippen LogP contribution in [-0.2, 0) is 11.3 Å². The van der Waals surface area contributed by atoms with Gasteiger partial charge in [0.25, 0.3) is 0 Å². The Morgan fingerprint density at radius 1 is 1.35 bits per heavy atom. The molecule has 26 heavy (non-hydrogen) atoms. The molecule has 3 amide bonds. The molecule has 0 unspecified atom stereocenters. The highest BCUT2D eigenvalue weighted by Crippen LogP contribution is 2.18. The van der Waals surface area contributed by atoms with E-state index in [1.165, 1.54) is 0 Å². The van der Waals surface area contributed by atoms with Crippen molar-refractivity contribution in [3.8, 4) is 0 Å².